The van der Waals surface area contributed by atoms with Gasteiger partial charge in [-0.15, -0.1) is 0 Å². The molecular formula is C11H16N2O. The maximum absolute atomic E-state index is 9.89. The first-order valence-electron chi connectivity index (χ1n) is 4.69. The highest BCUT2D eigenvalue weighted by atomic mass is 16.1. The fourth-order valence-corrected chi connectivity index (χ4v) is 0.893. The van der Waals surface area contributed by atoms with Crippen LogP contribution in [0.1, 0.15) is 18.9 Å². The van der Waals surface area contributed by atoms with E-state index in [4.69, 9.17) is 5.84 Å². The molecule has 0 radical (unpaired) electrons. The molecule has 3 N–H and O–H groups in total. The SMILES string of the molecule is CC1CC1=O.Cc1ccc(NN)cc1. The van der Waals surface area contributed by atoms with E-state index < -0.39 is 0 Å². The zero-order chi connectivity index (χ0) is 10.6. The van der Waals surface area contributed by atoms with Gasteiger partial charge < -0.3 is 5.43 Å². The second-order valence-electron chi connectivity index (χ2n) is 3.58. The van der Waals surface area contributed by atoms with Crippen LogP contribution in [0.5, 0.6) is 0 Å². The van der Waals surface area contributed by atoms with Gasteiger partial charge in [0.05, 0.1) is 0 Å². The van der Waals surface area contributed by atoms with Crippen molar-refractivity contribution in [2.24, 2.45) is 11.8 Å². The number of nitrogen functional groups attached to an aromatic ring is 1. The van der Waals surface area contributed by atoms with Crippen molar-refractivity contribution >= 4 is 11.5 Å². The van der Waals surface area contributed by atoms with Crippen LogP contribution in [0.4, 0.5) is 5.69 Å². The third-order valence-electron chi connectivity index (χ3n) is 2.12. The van der Waals surface area contributed by atoms with E-state index in [1.807, 2.05) is 38.1 Å². The minimum absolute atomic E-state index is 0.412. The Labute approximate surface area is 84.3 Å². The van der Waals surface area contributed by atoms with Crippen molar-refractivity contribution in [1.29, 1.82) is 0 Å². The van der Waals surface area contributed by atoms with E-state index in [0.717, 1.165) is 12.1 Å². The Bertz CT molecular complexity index is 306. The summed E-state index contributed by atoms with van der Waals surface area (Å²) in [6, 6.07) is 7.90. The largest absolute Gasteiger partial charge is 0.324 e. The molecule has 76 valence electrons. The third kappa shape index (κ3) is 3.58. The standard InChI is InChI=1S/C7H10N2.C4H6O/c1-6-2-4-7(9-8)5-3-6;1-3-2-4(3)5/h2-5,9H,8H2,1H3;3H,2H2,1H3. The minimum Gasteiger partial charge on any atom is -0.324 e. The van der Waals surface area contributed by atoms with Crippen LogP contribution in [0.25, 0.3) is 0 Å². The highest BCUT2D eigenvalue weighted by Crippen LogP contribution is 2.21. The molecule has 1 aliphatic rings. The van der Waals surface area contributed by atoms with Gasteiger partial charge >= 0.3 is 0 Å². The summed E-state index contributed by atoms with van der Waals surface area (Å²) in [6.45, 7) is 3.99. The van der Waals surface area contributed by atoms with Crippen LogP contribution < -0.4 is 11.3 Å². The van der Waals surface area contributed by atoms with Crippen molar-refractivity contribution in [2.75, 3.05) is 5.43 Å². The van der Waals surface area contributed by atoms with Gasteiger partial charge in [-0.1, -0.05) is 24.6 Å². The Balaban J connectivity index is 0.000000165. The number of aryl methyl sites for hydroxylation is 1. The lowest BCUT2D eigenvalue weighted by atomic mass is 10.2. The fraction of sp³-hybridized carbons (Fsp3) is 0.364. The second-order valence-corrected chi connectivity index (χ2v) is 3.58. The molecule has 1 saturated carbocycles. The van der Waals surface area contributed by atoms with Crippen molar-refractivity contribution < 1.29 is 4.79 Å². The molecule has 0 amide bonds. The second kappa shape index (κ2) is 4.77. The Morgan fingerprint density at radius 1 is 1.36 bits per heavy atom. The van der Waals surface area contributed by atoms with Crippen LogP contribution in [0, 0.1) is 12.8 Å². The van der Waals surface area contributed by atoms with Gasteiger partial charge in [0.1, 0.15) is 5.78 Å². The summed E-state index contributed by atoms with van der Waals surface area (Å²) in [4.78, 5) is 9.89. The topological polar surface area (TPSA) is 55.1 Å². The average molecular weight is 192 g/mol. The van der Waals surface area contributed by atoms with Crippen LogP contribution in [0.2, 0.25) is 0 Å². The molecule has 3 heteroatoms. The summed E-state index contributed by atoms with van der Waals surface area (Å²) < 4.78 is 0. The lowest BCUT2D eigenvalue weighted by molar-refractivity contribution is -0.110. The molecule has 1 aromatic carbocycles. The summed E-state index contributed by atoms with van der Waals surface area (Å²) in [5, 5.41) is 0. The summed E-state index contributed by atoms with van der Waals surface area (Å²) in [6.07, 6.45) is 0.833. The molecule has 0 aromatic heterocycles. The number of carbonyl (C=O) groups is 1. The molecular weight excluding hydrogens is 176 g/mol. The number of ketones is 1. The molecule has 0 aliphatic heterocycles. The zero-order valence-electron chi connectivity index (χ0n) is 8.58. The Morgan fingerprint density at radius 3 is 2.07 bits per heavy atom. The predicted octanol–water partition coefficient (Wildman–Crippen LogP) is 1.88. The van der Waals surface area contributed by atoms with Crippen LogP contribution in [0.3, 0.4) is 0 Å². The fourth-order valence-electron chi connectivity index (χ4n) is 0.893. The maximum Gasteiger partial charge on any atom is 0.136 e. The molecule has 0 spiro atoms. The number of carbonyl (C=O) groups excluding carboxylic acids is 1. The predicted molar refractivity (Wildman–Crippen MR) is 57.8 cm³/mol. The summed E-state index contributed by atoms with van der Waals surface area (Å²) in [5.74, 6) is 5.98. The normalized spacial score (nSPS) is 18.2. The van der Waals surface area contributed by atoms with Crippen LogP contribution >= 0.6 is 0 Å². The molecule has 1 atom stereocenters. The Morgan fingerprint density at radius 2 is 1.79 bits per heavy atom. The Kier molecular flexibility index (Phi) is 3.65. The monoisotopic (exact) mass is 192 g/mol. The van der Waals surface area contributed by atoms with Gasteiger partial charge in [0.2, 0.25) is 0 Å². The number of anilines is 1. The first-order chi connectivity index (χ1) is 6.63. The van der Waals surface area contributed by atoms with Crippen molar-refractivity contribution in [1.82, 2.24) is 0 Å². The minimum atomic E-state index is 0.412. The van der Waals surface area contributed by atoms with Gasteiger partial charge in [0.25, 0.3) is 0 Å². The number of rotatable bonds is 1. The van der Waals surface area contributed by atoms with Crippen LogP contribution in [0.15, 0.2) is 24.3 Å². The molecule has 3 nitrogen and oxygen atoms in total. The highest BCUT2D eigenvalue weighted by Gasteiger charge is 2.28. The number of benzene rings is 1. The number of Topliss-reactive ketones (excluding diaryl/α,β-unsaturated/α-hetero) is 1. The highest BCUT2D eigenvalue weighted by molar-refractivity contribution is 5.95. The third-order valence-corrected chi connectivity index (χ3v) is 2.12. The van der Waals surface area contributed by atoms with E-state index >= 15 is 0 Å². The van der Waals surface area contributed by atoms with Gasteiger partial charge in [-0.3, -0.25) is 10.6 Å². The van der Waals surface area contributed by atoms with Crippen molar-refractivity contribution in [3.8, 4) is 0 Å². The summed E-state index contributed by atoms with van der Waals surface area (Å²) in [5.41, 5.74) is 4.74. The van der Waals surface area contributed by atoms with Crippen LogP contribution in [-0.2, 0) is 4.79 Å². The number of nitrogens with two attached hydrogens (primary N) is 1. The van der Waals surface area contributed by atoms with E-state index in [9.17, 15) is 4.79 Å². The molecule has 1 unspecified atom stereocenters. The lowest BCUT2D eigenvalue weighted by Crippen LogP contribution is -2.05. The number of nitrogens with one attached hydrogen (secondary N) is 1. The van der Waals surface area contributed by atoms with Crippen LogP contribution in [-0.4, -0.2) is 5.78 Å². The van der Waals surface area contributed by atoms with Gasteiger partial charge in [-0.05, 0) is 19.1 Å². The molecule has 14 heavy (non-hydrogen) atoms. The molecule has 0 heterocycles. The molecule has 1 aromatic rings. The van der Waals surface area contributed by atoms with E-state index in [1.165, 1.54) is 5.56 Å². The molecule has 0 bridgehead atoms. The first kappa shape index (κ1) is 10.7. The molecule has 2 rings (SSSR count). The van der Waals surface area contributed by atoms with E-state index in [2.05, 4.69) is 5.43 Å². The lowest BCUT2D eigenvalue weighted by Gasteiger charge is -1.97. The van der Waals surface area contributed by atoms with Gasteiger partial charge in [-0.2, -0.15) is 0 Å². The van der Waals surface area contributed by atoms with Crippen molar-refractivity contribution in [3.05, 3.63) is 29.8 Å². The Hall–Kier alpha value is -1.35. The zero-order valence-corrected chi connectivity index (χ0v) is 8.58. The van der Waals surface area contributed by atoms with Gasteiger partial charge in [0, 0.05) is 18.0 Å². The quantitative estimate of drug-likeness (QED) is 0.527. The van der Waals surface area contributed by atoms with Gasteiger partial charge in [-0.25, -0.2) is 0 Å². The first-order valence-corrected chi connectivity index (χ1v) is 4.69. The van der Waals surface area contributed by atoms with E-state index in [1.54, 1.807) is 0 Å². The summed E-state index contributed by atoms with van der Waals surface area (Å²) >= 11 is 0. The van der Waals surface area contributed by atoms with Crippen molar-refractivity contribution in [2.45, 2.75) is 20.3 Å². The molecule has 0 saturated heterocycles. The van der Waals surface area contributed by atoms with E-state index in [0.29, 0.717) is 11.7 Å². The number of hydrogen-bond donors (Lipinski definition) is 2. The van der Waals surface area contributed by atoms with Crippen molar-refractivity contribution in [3.63, 3.8) is 0 Å². The molecule has 1 fully saturated rings. The smallest absolute Gasteiger partial charge is 0.136 e. The summed E-state index contributed by atoms with van der Waals surface area (Å²) in [7, 11) is 0. The van der Waals surface area contributed by atoms with Gasteiger partial charge in [0.15, 0.2) is 0 Å². The van der Waals surface area contributed by atoms with E-state index in [-0.39, 0.29) is 0 Å². The molecule has 1 aliphatic carbocycles. The number of hydrogen-bond acceptors (Lipinski definition) is 3. The number of hydrazine groups is 1. The average Bonchev–Trinajstić information content (AvgIpc) is 2.82. The maximum atomic E-state index is 9.89.